The van der Waals surface area contributed by atoms with Crippen molar-refractivity contribution in [1.82, 2.24) is 19.9 Å². The van der Waals surface area contributed by atoms with E-state index in [4.69, 9.17) is 0 Å². The van der Waals surface area contributed by atoms with E-state index in [0.29, 0.717) is 33.9 Å². The molecule has 0 saturated carbocycles. The lowest BCUT2D eigenvalue weighted by Gasteiger charge is -2.00. The van der Waals surface area contributed by atoms with Crippen LogP contribution in [0.1, 0.15) is 43.5 Å². The van der Waals surface area contributed by atoms with Crippen LogP contribution in [0, 0.1) is 0 Å². The van der Waals surface area contributed by atoms with Crippen molar-refractivity contribution in [3.63, 3.8) is 0 Å². The Morgan fingerprint density at radius 2 is 0.944 bits per heavy atom. The molecule has 0 spiro atoms. The van der Waals surface area contributed by atoms with Crippen molar-refractivity contribution in [3.05, 3.63) is 131 Å². The minimum Gasteiger partial charge on any atom is -0.338 e. The normalized spacial score (nSPS) is 11.4. The third-order valence-corrected chi connectivity index (χ3v) is 6.00. The summed E-state index contributed by atoms with van der Waals surface area (Å²) in [6.07, 6.45) is 3.65. The zero-order valence-corrected chi connectivity index (χ0v) is 19.1. The Morgan fingerprint density at radius 1 is 0.528 bits per heavy atom. The second kappa shape index (κ2) is 8.92. The lowest BCUT2D eigenvalue weighted by molar-refractivity contribution is 0.103. The van der Waals surface area contributed by atoms with Crippen molar-refractivity contribution < 1.29 is 9.59 Å². The van der Waals surface area contributed by atoms with Gasteiger partial charge in [0.1, 0.15) is 11.6 Å². The quantitative estimate of drug-likeness (QED) is 0.290. The molecule has 2 N–H and O–H groups in total. The molecule has 6 heteroatoms. The van der Waals surface area contributed by atoms with Crippen LogP contribution in [0.2, 0.25) is 0 Å². The minimum atomic E-state index is -0.0309. The average Bonchev–Trinajstić information content (AvgIpc) is 3.54. The third kappa shape index (κ3) is 4.12. The standard InChI is InChI=1S/C30H20N4O2/c35-29(19-7-3-1-4-8-19)21-11-13-23-25(17-21)33-27(31-23)15-16-28-32-24-14-12-22(18-26(24)34-28)30(36)20-9-5-2-6-10-20/h1-18H,(H,31,33)(H,32,34)/b16-15+. The molecule has 172 valence electrons. The molecule has 0 saturated heterocycles. The molecule has 0 radical (unpaired) electrons. The Kier molecular flexibility index (Phi) is 5.31. The summed E-state index contributed by atoms with van der Waals surface area (Å²) in [4.78, 5) is 41.2. The molecule has 0 aliphatic carbocycles. The number of fused-ring (bicyclic) bond motifs is 2. The van der Waals surface area contributed by atoms with E-state index >= 15 is 0 Å². The Morgan fingerprint density at radius 3 is 1.36 bits per heavy atom. The molecule has 6 nitrogen and oxygen atoms in total. The van der Waals surface area contributed by atoms with E-state index < -0.39 is 0 Å². The summed E-state index contributed by atoms with van der Waals surface area (Å²) in [6, 6.07) is 29.3. The van der Waals surface area contributed by atoms with Crippen molar-refractivity contribution in [2.45, 2.75) is 0 Å². The zero-order valence-electron chi connectivity index (χ0n) is 19.1. The molecule has 6 aromatic rings. The topological polar surface area (TPSA) is 91.5 Å². The predicted molar refractivity (Wildman–Crippen MR) is 141 cm³/mol. The maximum Gasteiger partial charge on any atom is 0.193 e. The fourth-order valence-electron chi connectivity index (χ4n) is 4.17. The second-order valence-electron chi connectivity index (χ2n) is 8.43. The van der Waals surface area contributed by atoms with Gasteiger partial charge < -0.3 is 9.97 Å². The van der Waals surface area contributed by atoms with Crippen molar-refractivity contribution in [1.29, 1.82) is 0 Å². The highest BCUT2D eigenvalue weighted by Gasteiger charge is 2.12. The summed E-state index contributed by atoms with van der Waals surface area (Å²) >= 11 is 0. The number of rotatable bonds is 6. The van der Waals surface area contributed by atoms with Crippen LogP contribution in [0.5, 0.6) is 0 Å². The van der Waals surface area contributed by atoms with Gasteiger partial charge in [0.25, 0.3) is 0 Å². The molecule has 0 amide bonds. The van der Waals surface area contributed by atoms with E-state index in [1.807, 2.05) is 97.1 Å². The smallest absolute Gasteiger partial charge is 0.193 e. The predicted octanol–water partition coefficient (Wildman–Crippen LogP) is 6.07. The monoisotopic (exact) mass is 468 g/mol. The molecule has 0 fully saturated rings. The summed E-state index contributed by atoms with van der Waals surface area (Å²) < 4.78 is 0. The first-order valence-corrected chi connectivity index (χ1v) is 11.5. The highest BCUT2D eigenvalue weighted by molar-refractivity contribution is 6.11. The molecule has 0 aliphatic rings. The summed E-state index contributed by atoms with van der Waals surface area (Å²) in [5, 5.41) is 0. The number of carbonyl (C=O) groups is 2. The van der Waals surface area contributed by atoms with Crippen LogP contribution in [0.3, 0.4) is 0 Å². The van der Waals surface area contributed by atoms with Crippen LogP contribution in [-0.4, -0.2) is 31.5 Å². The van der Waals surface area contributed by atoms with E-state index in [1.165, 1.54) is 0 Å². The SMILES string of the molecule is O=C(c1ccccc1)c1ccc2nc(/C=C/c3nc4ccc(C(=O)c5ccccc5)cc4[nH]3)[nH]c2c1. The first-order chi connectivity index (χ1) is 17.6. The molecule has 0 atom stereocenters. The van der Waals surface area contributed by atoms with Gasteiger partial charge in [0, 0.05) is 22.3 Å². The van der Waals surface area contributed by atoms with Gasteiger partial charge in [-0.3, -0.25) is 9.59 Å². The van der Waals surface area contributed by atoms with Gasteiger partial charge >= 0.3 is 0 Å². The molecule has 0 unspecified atom stereocenters. The molecule has 0 bridgehead atoms. The zero-order chi connectivity index (χ0) is 24.5. The number of imidazole rings is 2. The number of nitrogens with one attached hydrogen (secondary N) is 2. The van der Waals surface area contributed by atoms with Gasteiger partial charge in [-0.25, -0.2) is 9.97 Å². The molecule has 36 heavy (non-hydrogen) atoms. The summed E-state index contributed by atoms with van der Waals surface area (Å²) in [6.45, 7) is 0. The van der Waals surface area contributed by atoms with Crippen LogP contribution in [0.15, 0.2) is 97.1 Å². The number of benzene rings is 4. The van der Waals surface area contributed by atoms with E-state index in [-0.39, 0.29) is 11.6 Å². The largest absolute Gasteiger partial charge is 0.338 e. The van der Waals surface area contributed by atoms with Crippen molar-refractivity contribution in [2.24, 2.45) is 0 Å². The number of hydrogen-bond acceptors (Lipinski definition) is 4. The fourth-order valence-corrected chi connectivity index (χ4v) is 4.17. The number of carbonyl (C=O) groups excluding carboxylic acids is 2. The van der Waals surface area contributed by atoms with Gasteiger partial charge in [-0.15, -0.1) is 0 Å². The number of ketones is 2. The van der Waals surface area contributed by atoms with E-state index in [1.54, 1.807) is 12.1 Å². The summed E-state index contributed by atoms with van der Waals surface area (Å²) in [5.74, 6) is 1.23. The Labute approximate surface area is 206 Å². The third-order valence-electron chi connectivity index (χ3n) is 6.00. The Hall–Kier alpha value is -5.10. The van der Waals surface area contributed by atoms with Gasteiger partial charge in [-0.1, -0.05) is 60.7 Å². The van der Waals surface area contributed by atoms with Gasteiger partial charge in [0.15, 0.2) is 11.6 Å². The van der Waals surface area contributed by atoms with E-state index in [9.17, 15) is 9.59 Å². The lowest BCUT2D eigenvalue weighted by atomic mass is 10.0. The molecular weight excluding hydrogens is 448 g/mol. The van der Waals surface area contributed by atoms with Crippen molar-refractivity contribution >= 4 is 45.8 Å². The van der Waals surface area contributed by atoms with Crippen LogP contribution < -0.4 is 0 Å². The number of aromatic nitrogens is 4. The number of nitrogens with zero attached hydrogens (tertiary/aromatic N) is 2. The van der Waals surface area contributed by atoms with Gasteiger partial charge in [-0.2, -0.15) is 0 Å². The van der Waals surface area contributed by atoms with Crippen molar-refractivity contribution in [2.75, 3.05) is 0 Å². The second-order valence-corrected chi connectivity index (χ2v) is 8.43. The molecule has 4 aromatic carbocycles. The fraction of sp³-hybridized carbons (Fsp3) is 0. The lowest BCUT2D eigenvalue weighted by Crippen LogP contribution is -2.00. The highest BCUT2D eigenvalue weighted by atomic mass is 16.1. The maximum absolute atomic E-state index is 12.8. The minimum absolute atomic E-state index is 0.0309. The van der Waals surface area contributed by atoms with Gasteiger partial charge in [-0.05, 0) is 48.6 Å². The Balaban J connectivity index is 1.24. The number of hydrogen-bond donors (Lipinski definition) is 2. The highest BCUT2D eigenvalue weighted by Crippen LogP contribution is 2.20. The maximum atomic E-state index is 12.8. The average molecular weight is 469 g/mol. The van der Waals surface area contributed by atoms with Crippen LogP contribution in [0.4, 0.5) is 0 Å². The van der Waals surface area contributed by atoms with E-state index in [2.05, 4.69) is 19.9 Å². The van der Waals surface area contributed by atoms with Gasteiger partial charge in [0.2, 0.25) is 0 Å². The van der Waals surface area contributed by atoms with Gasteiger partial charge in [0.05, 0.1) is 22.1 Å². The molecule has 2 heterocycles. The van der Waals surface area contributed by atoms with Crippen LogP contribution >= 0.6 is 0 Å². The Bertz CT molecular complexity index is 1630. The summed E-state index contributed by atoms with van der Waals surface area (Å²) in [7, 11) is 0. The van der Waals surface area contributed by atoms with E-state index in [0.717, 1.165) is 22.1 Å². The molecule has 0 aliphatic heterocycles. The van der Waals surface area contributed by atoms with Crippen molar-refractivity contribution in [3.8, 4) is 0 Å². The number of aromatic amines is 2. The first-order valence-electron chi connectivity index (χ1n) is 11.5. The molecule has 6 rings (SSSR count). The molecular formula is C30H20N4O2. The molecule has 2 aromatic heterocycles. The van der Waals surface area contributed by atoms with Crippen LogP contribution in [-0.2, 0) is 0 Å². The first kappa shape index (κ1) is 21.4. The number of H-pyrrole nitrogens is 2. The summed E-state index contributed by atoms with van der Waals surface area (Å²) in [5.41, 5.74) is 5.61. The van der Waals surface area contributed by atoms with Crippen LogP contribution in [0.25, 0.3) is 34.2 Å².